The third-order valence-corrected chi connectivity index (χ3v) is 10.6. The number of hydrogen-bond donors (Lipinski definition) is 5. The van der Waals surface area contributed by atoms with Crippen LogP contribution in [0.25, 0.3) is 0 Å². The van der Waals surface area contributed by atoms with Crippen molar-refractivity contribution in [3.63, 3.8) is 0 Å². The molecule has 0 heterocycles. The second kappa shape index (κ2) is 17.9. The minimum atomic E-state index is -5.00. The van der Waals surface area contributed by atoms with E-state index in [9.17, 15) is 29.8 Å². The van der Waals surface area contributed by atoms with E-state index in [1.54, 1.807) is 0 Å². The number of azo groups is 2. The molecule has 21 nitrogen and oxygen atoms in total. The van der Waals surface area contributed by atoms with E-state index in [0.29, 0.717) is 6.07 Å². The largest absolute Gasteiger partial charge is 0.397 e. The zero-order valence-electron chi connectivity index (χ0n) is 23.7. The molecule has 0 radical (unpaired) electrons. The minimum absolute atomic E-state index is 0.0105. The summed E-state index contributed by atoms with van der Waals surface area (Å²) in [6, 6.07) is 10.5. The Morgan fingerprint density at radius 1 is 0.625 bits per heavy atom. The molecule has 3 aromatic carbocycles. The van der Waals surface area contributed by atoms with Gasteiger partial charge in [-0.15, -0.1) is 24.0 Å². The molecule has 3 rings (SSSR count). The molecule has 0 unspecified atom stereocenters. The molecule has 0 fully saturated rings. The fraction of sp³-hybridized carbons (Fsp3) is 0.182. The van der Waals surface area contributed by atoms with E-state index in [-0.39, 0.29) is 64.6 Å². The minimum Gasteiger partial charge on any atom is -0.397 e. The van der Waals surface area contributed by atoms with Crippen LogP contribution in [0.1, 0.15) is 0 Å². The Morgan fingerprint density at radius 3 is 1.62 bits per heavy atom. The second-order valence-corrected chi connectivity index (χ2v) is 15.3. The standard InChI is InChI=1S/C22H24N6O15S5/c23-17-12-18(24)21(13-20(17)27-25-14-1-3-15(4-2-14)46(31,32)9-7-38-44-42-40-29)28-26-19-6-5-16(11-22(19)48(35,36)37)47(33,34)10-8-39-45-43-41-30/h1-6,11-13,29-30H,7-10,23-24H2,(H,35,36,37)/b27-25+,28-26+. The number of nitrogen functional groups attached to an aromatic ring is 2. The van der Waals surface area contributed by atoms with Gasteiger partial charge in [-0.3, -0.25) is 12.9 Å². The van der Waals surface area contributed by atoms with Gasteiger partial charge in [0, 0.05) is 0 Å². The summed E-state index contributed by atoms with van der Waals surface area (Å²) in [5, 5.41) is 38.4. The maximum atomic E-state index is 12.6. The number of nitrogens with two attached hydrogens (primary N) is 2. The van der Waals surface area contributed by atoms with Crippen molar-refractivity contribution in [3.05, 3.63) is 54.6 Å². The molecule has 48 heavy (non-hydrogen) atoms. The van der Waals surface area contributed by atoms with Crippen LogP contribution in [-0.2, 0) is 56.9 Å². The molecule has 0 aliphatic heterocycles. The van der Waals surface area contributed by atoms with Crippen molar-refractivity contribution in [2.75, 3.05) is 36.2 Å². The summed E-state index contributed by atoms with van der Waals surface area (Å²) in [7, 11) is -12.9. The summed E-state index contributed by atoms with van der Waals surface area (Å²) < 4.78 is 101. The third kappa shape index (κ3) is 11.7. The highest BCUT2D eigenvalue weighted by Crippen LogP contribution is 2.36. The van der Waals surface area contributed by atoms with Gasteiger partial charge in [0.05, 0.1) is 51.6 Å². The van der Waals surface area contributed by atoms with Gasteiger partial charge in [-0.25, -0.2) is 27.4 Å². The van der Waals surface area contributed by atoms with Gasteiger partial charge in [-0.05, 0) is 54.6 Å². The molecule has 0 aromatic heterocycles. The third-order valence-electron chi connectivity index (χ3n) is 5.56. The highest BCUT2D eigenvalue weighted by Gasteiger charge is 2.22. The quantitative estimate of drug-likeness (QED) is 0.0213. The van der Waals surface area contributed by atoms with E-state index in [1.807, 2.05) is 0 Å². The van der Waals surface area contributed by atoms with Crippen LogP contribution in [0.15, 0.2) is 89.7 Å². The van der Waals surface area contributed by atoms with Crippen molar-refractivity contribution in [2.45, 2.75) is 14.7 Å². The number of sulfone groups is 2. The van der Waals surface area contributed by atoms with Gasteiger partial charge in [-0.1, -0.05) is 10.1 Å². The van der Waals surface area contributed by atoms with Crippen LogP contribution >= 0.6 is 24.6 Å². The van der Waals surface area contributed by atoms with E-state index in [4.69, 9.17) is 30.3 Å². The Labute approximate surface area is 281 Å². The van der Waals surface area contributed by atoms with E-state index >= 15 is 0 Å². The van der Waals surface area contributed by atoms with E-state index in [0.717, 1.165) is 12.1 Å². The summed E-state index contributed by atoms with van der Waals surface area (Å²) in [4.78, 5) is -1.40. The molecule has 262 valence electrons. The van der Waals surface area contributed by atoms with Gasteiger partial charge >= 0.3 is 0 Å². The molecule has 0 spiro atoms. The van der Waals surface area contributed by atoms with E-state index < -0.39 is 63.4 Å². The van der Waals surface area contributed by atoms with Crippen LogP contribution in [0.4, 0.5) is 34.1 Å². The van der Waals surface area contributed by atoms with E-state index in [1.165, 1.54) is 36.4 Å². The maximum Gasteiger partial charge on any atom is 0.296 e. The molecular weight excluding hydrogens is 749 g/mol. The van der Waals surface area contributed by atoms with E-state index in [2.05, 4.69) is 39.2 Å². The lowest BCUT2D eigenvalue weighted by Gasteiger charge is -2.08. The highest BCUT2D eigenvalue weighted by atomic mass is 32.2. The first-order valence-electron chi connectivity index (χ1n) is 12.4. The summed E-state index contributed by atoms with van der Waals surface area (Å²) in [5.41, 5.74) is 11.8. The van der Waals surface area contributed by atoms with Crippen molar-refractivity contribution in [2.24, 2.45) is 20.5 Å². The van der Waals surface area contributed by atoms with Crippen molar-refractivity contribution in [1.82, 2.24) is 0 Å². The van der Waals surface area contributed by atoms with Crippen molar-refractivity contribution in [3.8, 4) is 0 Å². The van der Waals surface area contributed by atoms with Crippen LogP contribution in [0, 0.1) is 0 Å². The fourth-order valence-electron chi connectivity index (χ4n) is 3.36. The van der Waals surface area contributed by atoms with Crippen molar-refractivity contribution >= 4 is 88.6 Å². The zero-order valence-corrected chi connectivity index (χ0v) is 27.8. The number of anilines is 2. The molecular formula is C22H24N6O15S5. The summed E-state index contributed by atoms with van der Waals surface area (Å²) in [6.45, 7) is -0.716. The molecule has 3 aromatic rings. The predicted octanol–water partition coefficient (Wildman–Crippen LogP) is 4.48. The molecule has 7 N–H and O–H groups in total. The smallest absolute Gasteiger partial charge is 0.296 e. The van der Waals surface area contributed by atoms with Crippen molar-refractivity contribution in [1.29, 1.82) is 0 Å². The molecule has 0 bridgehead atoms. The van der Waals surface area contributed by atoms with Gasteiger partial charge < -0.3 is 11.5 Å². The lowest BCUT2D eigenvalue weighted by molar-refractivity contribution is -0.434. The normalized spacial score (nSPS) is 12.7. The number of rotatable bonds is 19. The molecule has 26 heteroatoms. The number of hydrogen-bond acceptors (Lipinski definition) is 22. The Balaban J connectivity index is 1.80. The van der Waals surface area contributed by atoms with Gasteiger partial charge in [0.2, 0.25) is 0 Å². The maximum absolute atomic E-state index is 12.6. The molecule has 0 aliphatic carbocycles. The van der Waals surface area contributed by atoms with Gasteiger partial charge in [0.25, 0.3) is 10.1 Å². The summed E-state index contributed by atoms with van der Waals surface area (Å²) in [5.74, 6) is -1.05. The summed E-state index contributed by atoms with van der Waals surface area (Å²) in [6.07, 6.45) is 0. The van der Waals surface area contributed by atoms with Crippen molar-refractivity contribution < 1.29 is 67.4 Å². The highest BCUT2D eigenvalue weighted by molar-refractivity contribution is 7.92. The lowest BCUT2D eigenvalue weighted by Crippen LogP contribution is -2.12. The first-order valence-corrected chi connectivity index (χ1v) is 18.5. The fourth-order valence-corrected chi connectivity index (χ4v) is 6.92. The Bertz CT molecular complexity index is 1950. The topological polar surface area (TPSA) is 320 Å². The first-order chi connectivity index (χ1) is 22.7. The molecule has 0 saturated carbocycles. The average Bonchev–Trinajstić information content (AvgIpc) is 3.03. The Morgan fingerprint density at radius 2 is 1.10 bits per heavy atom. The Kier molecular flexibility index (Phi) is 14.6. The predicted molar refractivity (Wildman–Crippen MR) is 167 cm³/mol. The molecule has 0 saturated heterocycles. The monoisotopic (exact) mass is 772 g/mol. The van der Waals surface area contributed by atoms with Crippen LogP contribution in [0.3, 0.4) is 0 Å². The first kappa shape index (κ1) is 39.1. The van der Waals surface area contributed by atoms with Crippen LogP contribution in [-0.4, -0.2) is 65.0 Å². The van der Waals surface area contributed by atoms with Crippen LogP contribution < -0.4 is 11.5 Å². The SMILES string of the molecule is Nc1cc(N)c(/N=N/c2ccc(S(=O)(=O)CCOSOOO)cc2S(=O)(=O)O)cc1/N=N/c1ccc(S(=O)(=O)CCOSOOO)cc1. The van der Waals surface area contributed by atoms with Crippen LogP contribution in [0.5, 0.6) is 0 Å². The van der Waals surface area contributed by atoms with Crippen LogP contribution in [0.2, 0.25) is 0 Å². The number of nitrogens with zero attached hydrogens (tertiary/aromatic N) is 4. The summed E-state index contributed by atoms with van der Waals surface area (Å²) >= 11 is 0.391. The Hall–Kier alpha value is -3.35. The number of benzene rings is 3. The zero-order chi connectivity index (χ0) is 35.4. The molecule has 0 atom stereocenters. The lowest BCUT2D eigenvalue weighted by atomic mass is 10.2. The molecule has 0 amide bonds. The second-order valence-electron chi connectivity index (χ2n) is 8.67. The van der Waals surface area contributed by atoms with Gasteiger partial charge in [-0.2, -0.15) is 13.5 Å². The molecule has 0 aliphatic rings. The average molecular weight is 773 g/mol. The van der Waals surface area contributed by atoms with Gasteiger partial charge in [0.1, 0.15) is 22.0 Å². The van der Waals surface area contributed by atoms with Gasteiger partial charge in [0.15, 0.2) is 44.3 Å².